The molecule has 5 nitrogen and oxygen atoms in total. The van der Waals surface area contributed by atoms with Crippen molar-refractivity contribution in [3.63, 3.8) is 0 Å². The fourth-order valence-electron chi connectivity index (χ4n) is 2.74. The molecule has 106 valence electrons. The molecule has 0 amide bonds. The quantitative estimate of drug-likeness (QED) is 0.819. The van der Waals surface area contributed by atoms with Crippen molar-refractivity contribution < 1.29 is 19.4 Å². The predicted octanol–water partition coefficient (Wildman–Crippen LogP) is 1.58. The Morgan fingerprint density at radius 1 is 1.11 bits per heavy atom. The van der Waals surface area contributed by atoms with Gasteiger partial charge in [-0.25, -0.2) is 0 Å². The van der Waals surface area contributed by atoms with Gasteiger partial charge in [0.1, 0.15) is 0 Å². The molecular formula is C14H21NO4. The second-order valence-electron chi connectivity index (χ2n) is 5.05. The Bertz CT molecular complexity index is 383. The molecule has 5 heteroatoms. The third kappa shape index (κ3) is 3.80. The number of Topliss-reactive ketones (excluding diaryl/α,β-unsaturated/α-hetero) is 1. The van der Waals surface area contributed by atoms with E-state index < -0.39 is 5.97 Å². The molecule has 2 rings (SSSR count). The maximum Gasteiger partial charge on any atom is 0.303 e. The first-order valence-electron chi connectivity index (χ1n) is 6.98. The summed E-state index contributed by atoms with van der Waals surface area (Å²) in [5, 5.41) is 8.68. The number of hydrogen-bond acceptors (Lipinski definition) is 4. The number of nitrogens with zero attached hydrogens (tertiary/aromatic N) is 1. The number of allylic oxidation sites excluding steroid dienone is 2. The van der Waals surface area contributed by atoms with E-state index in [4.69, 9.17) is 9.84 Å². The molecule has 1 N–H and O–H groups in total. The Morgan fingerprint density at radius 2 is 1.79 bits per heavy atom. The smallest absolute Gasteiger partial charge is 0.303 e. The topological polar surface area (TPSA) is 66.8 Å². The first-order valence-corrected chi connectivity index (χ1v) is 6.98. The van der Waals surface area contributed by atoms with Crippen molar-refractivity contribution in [2.75, 3.05) is 26.3 Å². The highest BCUT2D eigenvalue weighted by Gasteiger charge is 2.24. The maximum atomic E-state index is 12.2. The molecule has 19 heavy (non-hydrogen) atoms. The summed E-state index contributed by atoms with van der Waals surface area (Å²) in [6, 6.07) is 0. The summed E-state index contributed by atoms with van der Waals surface area (Å²) in [4.78, 5) is 25.0. The lowest BCUT2D eigenvalue weighted by atomic mass is 9.90. The first kappa shape index (κ1) is 14.1. The number of rotatable bonds is 5. The molecule has 0 atom stereocenters. The number of carboxylic acid groups (broad SMARTS) is 1. The first-order chi connectivity index (χ1) is 9.18. The minimum Gasteiger partial charge on any atom is -0.481 e. The number of carbonyl (C=O) groups excluding carboxylic acids is 1. The predicted molar refractivity (Wildman–Crippen MR) is 69.8 cm³/mol. The molecule has 2 aliphatic rings. The molecule has 0 spiro atoms. The Morgan fingerprint density at radius 3 is 2.47 bits per heavy atom. The van der Waals surface area contributed by atoms with Gasteiger partial charge in [-0.05, 0) is 25.7 Å². The van der Waals surface area contributed by atoms with E-state index in [1.165, 1.54) is 0 Å². The van der Waals surface area contributed by atoms with Gasteiger partial charge in [0.15, 0.2) is 5.78 Å². The van der Waals surface area contributed by atoms with Crippen LogP contribution in [0.4, 0.5) is 0 Å². The van der Waals surface area contributed by atoms with E-state index >= 15 is 0 Å². The van der Waals surface area contributed by atoms with Crippen molar-refractivity contribution in [2.24, 2.45) is 0 Å². The van der Waals surface area contributed by atoms with Crippen LogP contribution in [0.5, 0.6) is 0 Å². The molecule has 0 aromatic rings. The highest BCUT2D eigenvalue weighted by atomic mass is 16.5. The number of carbonyl (C=O) groups is 2. The van der Waals surface area contributed by atoms with Crippen LogP contribution in [0.2, 0.25) is 0 Å². The Kier molecular flexibility index (Phi) is 4.96. The molecule has 0 bridgehead atoms. The maximum absolute atomic E-state index is 12.2. The van der Waals surface area contributed by atoms with Gasteiger partial charge in [-0.3, -0.25) is 9.59 Å². The van der Waals surface area contributed by atoms with Crippen molar-refractivity contribution in [3.8, 4) is 0 Å². The molecule has 1 aliphatic heterocycles. The average Bonchev–Trinajstić information content (AvgIpc) is 2.45. The highest BCUT2D eigenvalue weighted by molar-refractivity contribution is 5.97. The molecule has 0 radical (unpaired) electrons. The van der Waals surface area contributed by atoms with Gasteiger partial charge in [-0.2, -0.15) is 0 Å². The summed E-state index contributed by atoms with van der Waals surface area (Å²) in [5.74, 6) is -0.888. The van der Waals surface area contributed by atoms with E-state index in [2.05, 4.69) is 4.90 Å². The van der Waals surface area contributed by atoms with Gasteiger partial charge in [0, 0.05) is 30.8 Å². The monoisotopic (exact) mass is 267 g/mol. The SMILES string of the molecule is O=C(O)CCC(=O)C1=C(N2CCOCC2)CCCC1. The summed E-state index contributed by atoms with van der Waals surface area (Å²) >= 11 is 0. The van der Waals surface area contributed by atoms with Crippen LogP contribution in [0.15, 0.2) is 11.3 Å². The molecule has 1 aliphatic carbocycles. The van der Waals surface area contributed by atoms with Crippen LogP contribution in [0.3, 0.4) is 0 Å². The largest absolute Gasteiger partial charge is 0.481 e. The standard InChI is InChI=1S/C14H21NO4/c16-13(5-6-14(17)18)11-3-1-2-4-12(11)15-7-9-19-10-8-15/h1-10H2,(H,17,18). The number of hydrogen-bond donors (Lipinski definition) is 1. The summed E-state index contributed by atoms with van der Waals surface area (Å²) in [6.07, 6.45) is 3.93. The molecule has 0 saturated carbocycles. The third-order valence-electron chi connectivity index (χ3n) is 3.73. The lowest BCUT2D eigenvalue weighted by molar-refractivity contribution is -0.138. The summed E-state index contributed by atoms with van der Waals surface area (Å²) in [6.45, 7) is 3.09. The Hall–Kier alpha value is -1.36. The lowest BCUT2D eigenvalue weighted by Gasteiger charge is -2.34. The summed E-state index contributed by atoms with van der Waals surface area (Å²) in [7, 11) is 0. The van der Waals surface area contributed by atoms with Crippen molar-refractivity contribution >= 4 is 11.8 Å². The second kappa shape index (κ2) is 6.70. The number of aliphatic carboxylic acids is 1. The number of morpholine rings is 1. The second-order valence-corrected chi connectivity index (χ2v) is 5.05. The van der Waals surface area contributed by atoms with Crippen LogP contribution in [-0.2, 0) is 14.3 Å². The van der Waals surface area contributed by atoms with Crippen molar-refractivity contribution in [3.05, 3.63) is 11.3 Å². The molecule has 1 heterocycles. The van der Waals surface area contributed by atoms with Crippen LogP contribution in [-0.4, -0.2) is 48.1 Å². The molecule has 1 fully saturated rings. The van der Waals surface area contributed by atoms with Crippen LogP contribution >= 0.6 is 0 Å². The van der Waals surface area contributed by atoms with Crippen LogP contribution in [0.25, 0.3) is 0 Å². The lowest BCUT2D eigenvalue weighted by Crippen LogP contribution is -2.37. The van der Waals surface area contributed by atoms with Crippen LogP contribution in [0.1, 0.15) is 38.5 Å². The average molecular weight is 267 g/mol. The van der Waals surface area contributed by atoms with Crippen molar-refractivity contribution in [1.29, 1.82) is 0 Å². The zero-order chi connectivity index (χ0) is 13.7. The number of ketones is 1. The third-order valence-corrected chi connectivity index (χ3v) is 3.73. The van der Waals surface area contributed by atoms with Crippen LogP contribution in [0, 0.1) is 0 Å². The fourth-order valence-corrected chi connectivity index (χ4v) is 2.74. The highest BCUT2D eigenvalue weighted by Crippen LogP contribution is 2.29. The van der Waals surface area contributed by atoms with E-state index in [1.54, 1.807) is 0 Å². The van der Waals surface area contributed by atoms with Gasteiger partial charge in [0.2, 0.25) is 0 Å². The molecular weight excluding hydrogens is 246 g/mol. The zero-order valence-corrected chi connectivity index (χ0v) is 11.2. The van der Waals surface area contributed by atoms with E-state index in [-0.39, 0.29) is 18.6 Å². The molecule has 0 unspecified atom stereocenters. The van der Waals surface area contributed by atoms with Gasteiger partial charge < -0.3 is 14.7 Å². The van der Waals surface area contributed by atoms with Crippen molar-refractivity contribution in [1.82, 2.24) is 4.90 Å². The van der Waals surface area contributed by atoms with E-state index in [9.17, 15) is 9.59 Å². The van der Waals surface area contributed by atoms with Gasteiger partial charge in [0.05, 0.1) is 19.6 Å². The fraction of sp³-hybridized carbons (Fsp3) is 0.714. The van der Waals surface area contributed by atoms with Gasteiger partial charge >= 0.3 is 5.97 Å². The minimum absolute atomic E-state index is 0.0172. The molecule has 0 aromatic carbocycles. The van der Waals surface area contributed by atoms with E-state index in [1.807, 2.05) is 0 Å². The Labute approximate surface area is 113 Å². The number of ether oxygens (including phenoxy) is 1. The summed E-state index contributed by atoms with van der Waals surface area (Å²) < 4.78 is 5.34. The van der Waals surface area contributed by atoms with E-state index in [0.717, 1.165) is 50.0 Å². The number of carboxylic acids is 1. The normalized spacial score (nSPS) is 20.5. The van der Waals surface area contributed by atoms with Crippen molar-refractivity contribution in [2.45, 2.75) is 38.5 Å². The van der Waals surface area contributed by atoms with Gasteiger partial charge in [-0.1, -0.05) is 0 Å². The van der Waals surface area contributed by atoms with E-state index in [0.29, 0.717) is 13.2 Å². The zero-order valence-electron chi connectivity index (χ0n) is 11.2. The van der Waals surface area contributed by atoms with Gasteiger partial charge in [0.25, 0.3) is 0 Å². The van der Waals surface area contributed by atoms with Gasteiger partial charge in [-0.15, -0.1) is 0 Å². The Balaban J connectivity index is 2.08. The molecule has 1 saturated heterocycles. The molecule has 0 aromatic heterocycles. The summed E-state index contributed by atoms with van der Waals surface area (Å²) in [5.41, 5.74) is 2.01. The minimum atomic E-state index is -0.905. The van der Waals surface area contributed by atoms with Crippen LogP contribution < -0.4 is 0 Å².